The highest BCUT2D eigenvalue weighted by Crippen LogP contribution is 2.35. The molecule has 5 unspecified atom stereocenters. The van der Waals surface area contributed by atoms with Crippen LogP contribution < -0.4 is 16.4 Å². The van der Waals surface area contributed by atoms with E-state index in [0.29, 0.717) is 6.42 Å². The van der Waals surface area contributed by atoms with Gasteiger partial charge in [-0.2, -0.15) is 0 Å². The summed E-state index contributed by atoms with van der Waals surface area (Å²) in [6.45, 7) is 0.289. The molecule has 0 spiro atoms. The first kappa shape index (κ1) is 41.2. The Morgan fingerprint density at radius 1 is 0.898 bits per heavy atom. The highest BCUT2D eigenvalue weighted by atomic mass is 16.8. The van der Waals surface area contributed by atoms with E-state index in [1.807, 2.05) is 0 Å². The lowest BCUT2D eigenvalue weighted by Crippen LogP contribution is -2.68. The van der Waals surface area contributed by atoms with E-state index in [9.17, 15) is 60.3 Å². The first-order valence-electron chi connectivity index (χ1n) is 15.8. The van der Waals surface area contributed by atoms with E-state index in [1.54, 1.807) is 0 Å². The topological polar surface area (TPSA) is 339 Å². The van der Waals surface area contributed by atoms with Gasteiger partial charge in [0.15, 0.2) is 12.6 Å². The average Bonchev–Trinajstić information content (AvgIpc) is 3.04. The predicted octanol–water partition coefficient (Wildman–Crippen LogP) is -6.68. The van der Waals surface area contributed by atoms with Crippen molar-refractivity contribution in [2.75, 3.05) is 33.0 Å². The van der Waals surface area contributed by atoms with Crippen LogP contribution in [-0.2, 0) is 42.8 Å². The number of aliphatic hydroxyl groups is 8. The van der Waals surface area contributed by atoms with Gasteiger partial charge < -0.3 is 90.7 Å². The van der Waals surface area contributed by atoms with Crippen LogP contribution in [-0.4, -0.2) is 188 Å². The van der Waals surface area contributed by atoms with Gasteiger partial charge >= 0.3 is 5.97 Å². The second-order valence-electron chi connectivity index (χ2n) is 12.2. The Morgan fingerprint density at radius 2 is 1.53 bits per heavy atom. The minimum Gasteiger partial charge on any atom is -0.477 e. The molecule has 0 bridgehead atoms. The van der Waals surface area contributed by atoms with E-state index in [2.05, 4.69) is 10.6 Å². The van der Waals surface area contributed by atoms with Crippen molar-refractivity contribution in [1.82, 2.24) is 10.6 Å². The number of carbonyl (C=O) groups excluding carboxylic acids is 2. The lowest BCUT2D eigenvalue weighted by atomic mass is 9.90. The molecule has 3 aliphatic rings. The summed E-state index contributed by atoms with van der Waals surface area (Å²) in [6, 6.07) is -2.46. The van der Waals surface area contributed by atoms with Crippen molar-refractivity contribution in [3.8, 4) is 0 Å². The first-order valence-corrected chi connectivity index (χ1v) is 15.8. The first-order chi connectivity index (χ1) is 23.1. The summed E-state index contributed by atoms with van der Waals surface area (Å²) in [6.07, 6.45) is -20.4. The van der Waals surface area contributed by atoms with Gasteiger partial charge in [-0.3, -0.25) is 9.59 Å². The molecule has 49 heavy (non-hydrogen) atoms. The minimum atomic E-state index is -2.66. The lowest BCUT2D eigenvalue weighted by molar-refractivity contribution is -0.358. The van der Waals surface area contributed by atoms with E-state index in [-0.39, 0.29) is 13.2 Å². The molecule has 3 rings (SSSR count). The number of aliphatic carboxylic acids is 1. The molecular formula is C28H49N3O18. The Morgan fingerprint density at radius 3 is 2.10 bits per heavy atom. The largest absolute Gasteiger partial charge is 0.477 e. The number of rotatable bonds is 16. The van der Waals surface area contributed by atoms with Gasteiger partial charge in [0.1, 0.15) is 48.8 Å². The van der Waals surface area contributed by atoms with Crippen molar-refractivity contribution in [3.05, 3.63) is 0 Å². The molecule has 3 fully saturated rings. The number of hydrogen-bond acceptors (Lipinski definition) is 18. The van der Waals surface area contributed by atoms with Gasteiger partial charge in [0.05, 0.1) is 50.8 Å². The number of hydrogen-bond donors (Lipinski definition) is 12. The van der Waals surface area contributed by atoms with Crippen LogP contribution in [0.4, 0.5) is 0 Å². The van der Waals surface area contributed by atoms with Gasteiger partial charge in [0, 0.05) is 26.7 Å². The molecule has 3 saturated heterocycles. The van der Waals surface area contributed by atoms with Crippen LogP contribution in [0.3, 0.4) is 0 Å². The second kappa shape index (κ2) is 18.3. The summed E-state index contributed by atoms with van der Waals surface area (Å²) in [5.74, 6) is -5.60. The SMILES string of the molecule is CC(=O)N[C@@H]1[C@H](O)C[C@](OCC2O[C@@H](O[C@@H]3C(CO)O[C@@H](OCCCN)[C@@H](NC(C)=O)C3O)[C@@H](O)C(O)[C@H]2O)(C(=O)O)O[C@@H]1CC(O)CO. The van der Waals surface area contributed by atoms with Crippen LogP contribution in [0.15, 0.2) is 0 Å². The van der Waals surface area contributed by atoms with Gasteiger partial charge in [-0.25, -0.2) is 4.79 Å². The zero-order valence-corrected chi connectivity index (χ0v) is 27.0. The molecular weight excluding hydrogens is 666 g/mol. The Labute approximate surface area is 280 Å². The standard InChI is InChI=1S/C28H49N3O18/c1-11(34)30-18-14(37)7-28(27(42)43,49-15(18)6-13(36)8-32)45-10-17-20(38)22(40)23(41)26(47-17)48-24-16(9-33)46-25(44-5-3-4-29)19(21(24)39)31-12(2)35/h13-26,32-33,36-41H,3-10,29H2,1-2H3,(H,30,34)(H,31,35)(H,42,43)/t13?,14-,15-,16?,17?,18-,19+,20+,21?,22?,23+,24-,25-,26+,28-/m1/s1. The Bertz CT molecular complexity index is 1090. The van der Waals surface area contributed by atoms with Crippen LogP contribution in [0.25, 0.3) is 0 Å². The van der Waals surface area contributed by atoms with E-state index >= 15 is 0 Å². The van der Waals surface area contributed by atoms with Gasteiger partial charge in [0.2, 0.25) is 11.8 Å². The van der Waals surface area contributed by atoms with Crippen molar-refractivity contribution in [1.29, 1.82) is 0 Å². The van der Waals surface area contributed by atoms with Crippen molar-refractivity contribution >= 4 is 17.8 Å². The molecule has 0 aliphatic carbocycles. The van der Waals surface area contributed by atoms with Crippen LogP contribution in [0.5, 0.6) is 0 Å². The quantitative estimate of drug-likeness (QED) is 0.0661. The Hall–Kier alpha value is -2.19. The number of carboxylic acid groups (broad SMARTS) is 1. The van der Waals surface area contributed by atoms with Crippen molar-refractivity contribution in [2.45, 2.75) is 125 Å². The number of nitrogens with one attached hydrogen (secondary N) is 2. The summed E-state index contributed by atoms with van der Waals surface area (Å²) in [4.78, 5) is 36.1. The smallest absolute Gasteiger partial charge is 0.364 e. The van der Waals surface area contributed by atoms with Gasteiger partial charge in [0.25, 0.3) is 5.79 Å². The second-order valence-corrected chi connectivity index (χ2v) is 12.2. The van der Waals surface area contributed by atoms with Crippen LogP contribution in [0.2, 0.25) is 0 Å². The molecule has 3 aliphatic heterocycles. The fourth-order valence-electron chi connectivity index (χ4n) is 5.86. The molecule has 0 saturated carbocycles. The van der Waals surface area contributed by atoms with Crippen LogP contribution in [0.1, 0.15) is 33.1 Å². The number of carboxylic acids is 1. The fraction of sp³-hybridized carbons (Fsp3) is 0.893. The minimum absolute atomic E-state index is 0.0824. The van der Waals surface area contributed by atoms with Crippen molar-refractivity contribution in [3.63, 3.8) is 0 Å². The van der Waals surface area contributed by atoms with E-state index in [4.69, 9.17) is 34.2 Å². The van der Waals surface area contributed by atoms with E-state index < -0.39 is 142 Å². The highest BCUT2D eigenvalue weighted by molar-refractivity contribution is 5.76. The monoisotopic (exact) mass is 715 g/mol. The summed E-state index contributed by atoms with van der Waals surface area (Å²) in [5, 5.41) is 98.5. The maximum absolute atomic E-state index is 12.5. The van der Waals surface area contributed by atoms with Crippen molar-refractivity contribution < 1.29 is 88.8 Å². The fourth-order valence-corrected chi connectivity index (χ4v) is 5.86. The maximum atomic E-state index is 12.5. The summed E-state index contributed by atoms with van der Waals surface area (Å²) >= 11 is 0. The van der Waals surface area contributed by atoms with E-state index in [0.717, 1.165) is 6.92 Å². The molecule has 0 radical (unpaired) electrons. The molecule has 0 aromatic rings. The lowest BCUT2D eigenvalue weighted by Gasteiger charge is -2.48. The van der Waals surface area contributed by atoms with E-state index in [1.165, 1.54) is 6.92 Å². The van der Waals surface area contributed by atoms with Crippen molar-refractivity contribution in [2.24, 2.45) is 5.73 Å². The molecule has 0 aromatic carbocycles. The average molecular weight is 716 g/mol. The number of ether oxygens (including phenoxy) is 6. The molecule has 21 heteroatoms. The summed E-state index contributed by atoms with van der Waals surface area (Å²) in [7, 11) is 0. The molecule has 0 aromatic heterocycles. The number of amides is 2. The number of carbonyl (C=O) groups is 3. The molecule has 15 atom stereocenters. The molecule has 3 heterocycles. The van der Waals surface area contributed by atoms with Crippen LogP contribution >= 0.6 is 0 Å². The molecule has 13 N–H and O–H groups in total. The maximum Gasteiger partial charge on any atom is 0.364 e. The zero-order chi connectivity index (χ0) is 36.6. The summed E-state index contributed by atoms with van der Waals surface area (Å²) < 4.78 is 34.0. The predicted molar refractivity (Wildman–Crippen MR) is 158 cm³/mol. The van der Waals surface area contributed by atoms with Crippen LogP contribution in [0, 0.1) is 0 Å². The molecule has 2 amide bonds. The third-order valence-corrected chi connectivity index (χ3v) is 8.34. The van der Waals surface area contributed by atoms with Gasteiger partial charge in [-0.05, 0) is 13.0 Å². The third-order valence-electron chi connectivity index (χ3n) is 8.34. The number of nitrogens with two attached hydrogens (primary N) is 1. The van der Waals surface area contributed by atoms with Gasteiger partial charge in [-0.15, -0.1) is 0 Å². The third kappa shape index (κ3) is 10.2. The summed E-state index contributed by atoms with van der Waals surface area (Å²) in [5.41, 5.74) is 5.49. The highest BCUT2D eigenvalue weighted by Gasteiger charge is 2.56. The Balaban J connectivity index is 1.81. The zero-order valence-electron chi connectivity index (χ0n) is 27.0. The normalized spacial score (nSPS) is 40.3. The van der Waals surface area contributed by atoms with Gasteiger partial charge in [-0.1, -0.05) is 0 Å². The Kier molecular flexibility index (Phi) is 15.4. The molecule has 21 nitrogen and oxygen atoms in total. The number of aliphatic hydroxyl groups excluding tert-OH is 8. The molecule has 284 valence electrons.